The highest BCUT2D eigenvalue weighted by atomic mass is 16.6. The second kappa shape index (κ2) is 15.0. The summed E-state index contributed by atoms with van der Waals surface area (Å²) in [5.41, 5.74) is 0. The first kappa shape index (κ1) is 27.1. The normalized spacial score (nSPS) is 18.3. The summed E-state index contributed by atoms with van der Waals surface area (Å²) in [6.45, 7) is 10.5. The Kier molecular flexibility index (Phi) is 15.0. The number of carbonyl (C=O) groups is 4. The number of nitrogens with one attached hydrogen (secondary N) is 2. The summed E-state index contributed by atoms with van der Waals surface area (Å²) >= 11 is 0. The van der Waals surface area contributed by atoms with Crippen molar-refractivity contribution < 1.29 is 38.7 Å². The molecule has 0 radical (unpaired) electrons. The van der Waals surface area contributed by atoms with Crippen molar-refractivity contribution in [1.29, 1.82) is 0 Å². The molecule has 0 aromatic rings. The maximum Gasteiger partial charge on any atom is 0.548 e. The molecule has 0 aromatic heterocycles. The zero-order valence-electron chi connectivity index (χ0n) is 16.8. The van der Waals surface area contributed by atoms with Gasteiger partial charge in [0.2, 0.25) is 5.91 Å². The minimum Gasteiger partial charge on any atom is -0.508 e. The highest BCUT2D eigenvalue weighted by Crippen LogP contribution is 2.21. The lowest BCUT2D eigenvalue weighted by Gasteiger charge is -2.31. The third-order valence-electron chi connectivity index (χ3n) is 2.64. The Labute approximate surface area is 160 Å². The molecule has 10 nitrogen and oxygen atoms in total. The number of hydrogen-bond acceptors (Lipinski definition) is 7. The van der Waals surface area contributed by atoms with Gasteiger partial charge in [0.1, 0.15) is 0 Å². The molecule has 1 saturated heterocycles. The zero-order valence-corrected chi connectivity index (χ0v) is 16.8. The molecule has 1 aliphatic rings. The largest absolute Gasteiger partial charge is 0.548 e. The molecule has 1 fully saturated rings. The van der Waals surface area contributed by atoms with Crippen LogP contribution in [0.15, 0.2) is 0 Å². The summed E-state index contributed by atoms with van der Waals surface area (Å²) in [7, 11) is 0.343. The molecule has 1 aliphatic heterocycles. The average molecular weight is 390 g/mol. The molecule has 0 saturated carbocycles. The molecule has 156 valence electrons. The van der Waals surface area contributed by atoms with E-state index in [9.17, 15) is 19.2 Å². The van der Waals surface area contributed by atoms with Crippen molar-refractivity contribution in [3.05, 3.63) is 0 Å². The summed E-state index contributed by atoms with van der Waals surface area (Å²) in [6.07, 6.45) is -2.21. The molecule has 0 spiro atoms. The Morgan fingerprint density at radius 2 is 1.70 bits per heavy atom. The topological polar surface area (TPSA) is 151 Å². The second-order valence-electron chi connectivity index (χ2n) is 6.02. The second-order valence-corrected chi connectivity index (χ2v) is 6.02. The van der Waals surface area contributed by atoms with Crippen LogP contribution < -0.4 is 10.6 Å². The van der Waals surface area contributed by atoms with Crippen LogP contribution in [0.1, 0.15) is 41.0 Å². The molecule has 27 heavy (non-hydrogen) atoms. The quantitative estimate of drug-likeness (QED) is 0.352. The van der Waals surface area contributed by atoms with Crippen LogP contribution in [0.3, 0.4) is 0 Å². The van der Waals surface area contributed by atoms with Gasteiger partial charge in [-0.3, -0.25) is 19.2 Å². The van der Waals surface area contributed by atoms with E-state index in [0.29, 0.717) is 0 Å². The molecule has 2 unspecified atom stereocenters. The van der Waals surface area contributed by atoms with Gasteiger partial charge in [0.25, 0.3) is 0 Å². The molecule has 1 amide bonds. The van der Waals surface area contributed by atoms with Gasteiger partial charge in [0.05, 0.1) is 25.5 Å². The van der Waals surface area contributed by atoms with Crippen molar-refractivity contribution in [2.45, 2.75) is 47.1 Å². The number of amides is 1. The summed E-state index contributed by atoms with van der Waals surface area (Å²) in [5, 5.41) is 22.6. The third-order valence-corrected chi connectivity index (χ3v) is 2.64. The number of carbonyl (C=O) groups excluding carboxylic acids is 2. The summed E-state index contributed by atoms with van der Waals surface area (Å²) in [4.78, 5) is 44.5. The monoisotopic (exact) mass is 390 g/mol. The van der Waals surface area contributed by atoms with Crippen molar-refractivity contribution in [2.24, 2.45) is 11.8 Å². The average Bonchev–Trinajstić information content (AvgIpc) is 2.53. The van der Waals surface area contributed by atoms with Crippen LogP contribution in [0.2, 0.25) is 0 Å². The fourth-order valence-electron chi connectivity index (χ4n) is 1.76. The maximum atomic E-state index is 11.6. The van der Waals surface area contributed by atoms with Crippen molar-refractivity contribution in [1.82, 2.24) is 10.6 Å². The predicted octanol–water partition coefficient (Wildman–Crippen LogP) is 0.155. The van der Waals surface area contributed by atoms with E-state index in [0.717, 1.165) is 5.92 Å². The fraction of sp³-hybridized carbons (Fsp3) is 0.750. The Balaban J connectivity index is 0. The summed E-state index contributed by atoms with van der Waals surface area (Å²) < 4.78 is 9.86. The molecule has 11 heteroatoms. The Morgan fingerprint density at radius 3 is 2.11 bits per heavy atom. The van der Waals surface area contributed by atoms with Crippen LogP contribution in [0.4, 0.5) is 0 Å². The van der Waals surface area contributed by atoms with Gasteiger partial charge in [0.15, 0.2) is 5.92 Å². The van der Waals surface area contributed by atoms with E-state index in [1.807, 2.05) is 13.8 Å². The lowest BCUT2D eigenvalue weighted by atomic mass is 9.84. The van der Waals surface area contributed by atoms with E-state index in [1.54, 1.807) is 7.05 Å². The van der Waals surface area contributed by atoms with Crippen molar-refractivity contribution in [2.75, 3.05) is 20.0 Å². The Bertz CT molecular complexity index is 484. The molecule has 4 N–H and O–H groups in total. The van der Waals surface area contributed by atoms with Crippen LogP contribution >= 0.6 is 0 Å². The minimum atomic E-state index is -1.70. The van der Waals surface area contributed by atoms with Gasteiger partial charge in [-0.15, -0.1) is 0 Å². The van der Waals surface area contributed by atoms with E-state index >= 15 is 0 Å². The molecule has 1 heterocycles. The maximum absolute atomic E-state index is 11.6. The van der Waals surface area contributed by atoms with Crippen LogP contribution in [-0.4, -0.2) is 67.3 Å². The fourth-order valence-corrected chi connectivity index (χ4v) is 1.76. The molecule has 0 aromatic carbocycles. The van der Waals surface area contributed by atoms with Crippen LogP contribution in [-0.2, 0) is 28.5 Å². The lowest BCUT2D eigenvalue weighted by Crippen LogP contribution is -2.54. The van der Waals surface area contributed by atoms with Gasteiger partial charge < -0.3 is 30.2 Å². The van der Waals surface area contributed by atoms with Gasteiger partial charge in [0, 0.05) is 0 Å². The van der Waals surface area contributed by atoms with E-state index in [2.05, 4.69) is 31.4 Å². The Hall–Kier alpha value is -2.14. The first-order valence-corrected chi connectivity index (χ1v) is 8.80. The summed E-state index contributed by atoms with van der Waals surface area (Å²) in [5.74, 6) is -5.17. The van der Waals surface area contributed by atoms with Crippen LogP contribution in [0, 0.1) is 11.8 Å². The van der Waals surface area contributed by atoms with Gasteiger partial charge in [-0.2, -0.15) is 0 Å². The highest BCUT2D eigenvalue weighted by Gasteiger charge is 2.47. The standard InChI is InChI=1S/C10H15BN2O8.C4H10.C2H6/c1-12-3-6(14)13-4-11-20-5(2-7(15)16)8(9(17)18)10(19)21-11;1-4(2)3;1-2/h5,8,12H,2-4H2,1H3,(H,13,14)(H,15,16)(H,17,18);4H,1-3H3;1-2H3. The Morgan fingerprint density at radius 1 is 1.19 bits per heavy atom. The molecular weight excluding hydrogens is 359 g/mol. The van der Waals surface area contributed by atoms with E-state index in [4.69, 9.17) is 19.5 Å². The third kappa shape index (κ3) is 12.8. The zero-order chi connectivity index (χ0) is 21.6. The van der Waals surface area contributed by atoms with Crippen LogP contribution in [0.25, 0.3) is 0 Å². The van der Waals surface area contributed by atoms with E-state index in [1.165, 1.54) is 0 Å². The van der Waals surface area contributed by atoms with Crippen molar-refractivity contribution in [3.63, 3.8) is 0 Å². The molecular formula is C16H31BN2O8. The summed E-state index contributed by atoms with van der Waals surface area (Å²) in [6, 6.07) is 0. The van der Waals surface area contributed by atoms with Gasteiger partial charge in [-0.25, -0.2) is 0 Å². The van der Waals surface area contributed by atoms with E-state index in [-0.39, 0.29) is 18.9 Å². The van der Waals surface area contributed by atoms with Crippen molar-refractivity contribution >= 4 is 30.9 Å². The first-order valence-electron chi connectivity index (χ1n) is 8.80. The number of hydrogen-bond donors (Lipinski definition) is 4. The van der Waals surface area contributed by atoms with Gasteiger partial charge in [-0.1, -0.05) is 34.6 Å². The number of rotatable bonds is 7. The van der Waals surface area contributed by atoms with Gasteiger partial charge in [-0.05, 0) is 13.0 Å². The number of aliphatic carboxylic acids is 2. The molecule has 0 aliphatic carbocycles. The predicted molar refractivity (Wildman–Crippen MR) is 98.9 cm³/mol. The number of carboxylic acids is 2. The van der Waals surface area contributed by atoms with Crippen LogP contribution in [0.5, 0.6) is 0 Å². The molecule has 1 rings (SSSR count). The smallest absolute Gasteiger partial charge is 0.508 e. The molecule has 0 bridgehead atoms. The lowest BCUT2D eigenvalue weighted by molar-refractivity contribution is -0.165. The minimum absolute atomic E-state index is 0.0387. The first-order chi connectivity index (χ1) is 12.6. The highest BCUT2D eigenvalue weighted by molar-refractivity contribution is 6.48. The number of carboxylic acid groups (broad SMARTS) is 2. The number of likely N-dealkylation sites (N-methyl/N-ethyl adjacent to an activating group) is 1. The van der Waals surface area contributed by atoms with E-state index < -0.39 is 43.5 Å². The van der Waals surface area contributed by atoms with Gasteiger partial charge >= 0.3 is 25.0 Å². The van der Waals surface area contributed by atoms with Crippen molar-refractivity contribution in [3.8, 4) is 0 Å². The SMILES string of the molecule is CC.CC(C)C.CNCC(=O)NCB1OC(=O)C(C(=O)O)C(CC(=O)O)O1. The molecule has 2 atom stereocenters.